The maximum Gasteiger partial charge on any atom is 0.403 e. The molecule has 1 aromatic rings. The van der Waals surface area contributed by atoms with Crippen LogP contribution in [0.5, 0.6) is 5.75 Å². The van der Waals surface area contributed by atoms with Crippen LogP contribution in [0, 0.1) is 0 Å². The molecule has 0 bridgehead atoms. The fourth-order valence-corrected chi connectivity index (χ4v) is 2.41. The molecule has 0 aliphatic carbocycles. The normalized spacial score (nSPS) is 15.8. The van der Waals surface area contributed by atoms with Gasteiger partial charge in [-0.15, -0.1) is 0 Å². The van der Waals surface area contributed by atoms with Crippen molar-refractivity contribution in [1.29, 1.82) is 0 Å². The van der Waals surface area contributed by atoms with Gasteiger partial charge < -0.3 is 10.1 Å². The molecule has 1 heterocycles. The van der Waals surface area contributed by atoms with Gasteiger partial charge in [0.05, 0.1) is 6.61 Å². The number of rotatable bonds is 6. The Bertz CT molecular complexity index is 445. The number of hydrogen-bond donors (Lipinski definition) is 1. The van der Waals surface area contributed by atoms with Crippen LogP contribution < -0.4 is 10.1 Å². The van der Waals surface area contributed by atoms with Gasteiger partial charge in [0, 0.05) is 6.42 Å². The summed E-state index contributed by atoms with van der Waals surface area (Å²) < 4.78 is 44.0. The van der Waals surface area contributed by atoms with E-state index in [0.29, 0.717) is 26.0 Å². The molecule has 1 aliphatic heterocycles. The lowest BCUT2D eigenvalue weighted by molar-refractivity contribution is -0.157. The number of benzene rings is 1. The average molecular weight is 287 g/mol. The summed E-state index contributed by atoms with van der Waals surface area (Å²) in [6.45, 7) is 2.92. The highest BCUT2D eigenvalue weighted by Gasteiger charge is 2.38. The molecule has 20 heavy (non-hydrogen) atoms. The standard InChI is InChI=1S/C15H20F3NO/c1-2-8-19-14(15(16,17)18)6-4-11-3-5-13-12(10-11)7-9-20-13/h3,5,10,14,19H,2,4,6-9H2,1H3. The first kappa shape index (κ1) is 15.2. The minimum atomic E-state index is -4.19. The van der Waals surface area contributed by atoms with Gasteiger partial charge in [0.15, 0.2) is 0 Å². The summed E-state index contributed by atoms with van der Waals surface area (Å²) in [5.74, 6) is 0.866. The zero-order chi connectivity index (χ0) is 14.6. The van der Waals surface area contributed by atoms with Crippen molar-refractivity contribution in [3.05, 3.63) is 29.3 Å². The van der Waals surface area contributed by atoms with E-state index in [1.54, 1.807) is 0 Å². The van der Waals surface area contributed by atoms with E-state index in [1.165, 1.54) is 0 Å². The second kappa shape index (κ2) is 6.48. The fourth-order valence-electron chi connectivity index (χ4n) is 2.41. The Morgan fingerprint density at radius 1 is 1.35 bits per heavy atom. The average Bonchev–Trinajstić information content (AvgIpc) is 2.84. The Hall–Kier alpha value is -1.23. The van der Waals surface area contributed by atoms with E-state index >= 15 is 0 Å². The first-order chi connectivity index (χ1) is 9.50. The molecule has 1 aliphatic rings. The van der Waals surface area contributed by atoms with Gasteiger partial charge in [0.25, 0.3) is 0 Å². The van der Waals surface area contributed by atoms with E-state index < -0.39 is 12.2 Å². The second-order valence-electron chi connectivity index (χ2n) is 5.13. The van der Waals surface area contributed by atoms with Gasteiger partial charge >= 0.3 is 6.18 Å². The lowest BCUT2D eigenvalue weighted by atomic mass is 10.0. The third-order valence-corrected chi connectivity index (χ3v) is 3.51. The molecule has 1 unspecified atom stereocenters. The van der Waals surface area contributed by atoms with Gasteiger partial charge in [-0.2, -0.15) is 13.2 Å². The van der Waals surface area contributed by atoms with Gasteiger partial charge in [-0.05, 0) is 43.0 Å². The maximum absolute atomic E-state index is 12.9. The van der Waals surface area contributed by atoms with Gasteiger partial charge in [0.1, 0.15) is 11.8 Å². The third kappa shape index (κ3) is 3.88. The number of nitrogens with one attached hydrogen (secondary N) is 1. The lowest BCUT2D eigenvalue weighted by Crippen LogP contribution is -2.42. The van der Waals surface area contributed by atoms with Gasteiger partial charge in [0.2, 0.25) is 0 Å². The smallest absolute Gasteiger partial charge is 0.403 e. The van der Waals surface area contributed by atoms with E-state index in [4.69, 9.17) is 4.74 Å². The molecule has 0 spiro atoms. The van der Waals surface area contributed by atoms with Crippen LogP contribution in [0.3, 0.4) is 0 Å². The van der Waals surface area contributed by atoms with E-state index in [1.807, 2.05) is 25.1 Å². The molecule has 2 nitrogen and oxygen atoms in total. The molecule has 1 atom stereocenters. The van der Waals surface area contributed by atoms with Crippen molar-refractivity contribution in [1.82, 2.24) is 5.32 Å². The molecule has 0 radical (unpaired) electrons. The van der Waals surface area contributed by atoms with Crippen LogP contribution in [0.25, 0.3) is 0 Å². The molecule has 0 amide bonds. The number of alkyl halides is 3. The molecule has 112 valence electrons. The van der Waals surface area contributed by atoms with Crippen molar-refractivity contribution < 1.29 is 17.9 Å². The number of fused-ring (bicyclic) bond motifs is 1. The zero-order valence-electron chi connectivity index (χ0n) is 11.6. The molecule has 1 aromatic carbocycles. The molecule has 0 saturated heterocycles. The first-order valence-electron chi connectivity index (χ1n) is 7.05. The Labute approximate surface area is 117 Å². The predicted molar refractivity (Wildman–Crippen MR) is 72.1 cm³/mol. The van der Waals surface area contributed by atoms with Gasteiger partial charge in [-0.25, -0.2) is 0 Å². The highest BCUT2D eigenvalue weighted by atomic mass is 19.4. The summed E-state index contributed by atoms with van der Waals surface area (Å²) in [4.78, 5) is 0. The monoisotopic (exact) mass is 287 g/mol. The topological polar surface area (TPSA) is 21.3 Å². The van der Waals surface area contributed by atoms with Crippen molar-refractivity contribution in [2.24, 2.45) is 0 Å². The summed E-state index contributed by atoms with van der Waals surface area (Å²) in [6, 6.07) is 4.26. The molecule has 0 aromatic heterocycles. The first-order valence-corrected chi connectivity index (χ1v) is 7.05. The maximum atomic E-state index is 12.9. The van der Waals surface area contributed by atoms with Gasteiger partial charge in [-0.1, -0.05) is 19.1 Å². The van der Waals surface area contributed by atoms with Crippen LogP contribution in [0.4, 0.5) is 13.2 Å². The zero-order valence-corrected chi connectivity index (χ0v) is 11.6. The molecular formula is C15H20F3NO. The SMILES string of the molecule is CCCNC(CCc1ccc2c(c1)CCO2)C(F)(F)F. The highest BCUT2D eigenvalue weighted by Crippen LogP contribution is 2.28. The second-order valence-corrected chi connectivity index (χ2v) is 5.13. The van der Waals surface area contributed by atoms with Crippen LogP contribution in [-0.2, 0) is 12.8 Å². The molecule has 0 saturated carbocycles. The van der Waals surface area contributed by atoms with Crippen molar-refractivity contribution >= 4 is 0 Å². The fraction of sp³-hybridized carbons (Fsp3) is 0.600. The van der Waals surface area contributed by atoms with E-state index in [2.05, 4.69) is 5.32 Å². The van der Waals surface area contributed by atoms with Crippen LogP contribution in [0.1, 0.15) is 30.9 Å². The predicted octanol–water partition coefficient (Wildman–Crippen LogP) is 3.48. The number of hydrogen-bond acceptors (Lipinski definition) is 2. The van der Waals surface area contributed by atoms with Crippen molar-refractivity contribution in [2.75, 3.05) is 13.2 Å². The number of halogens is 3. The Morgan fingerprint density at radius 3 is 2.85 bits per heavy atom. The summed E-state index contributed by atoms with van der Waals surface area (Å²) >= 11 is 0. The van der Waals surface area contributed by atoms with Crippen molar-refractivity contribution in [3.8, 4) is 5.75 Å². The lowest BCUT2D eigenvalue weighted by Gasteiger charge is -2.21. The van der Waals surface area contributed by atoms with E-state index in [0.717, 1.165) is 23.3 Å². The van der Waals surface area contributed by atoms with Crippen molar-refractivity contribution in [3.63, 3.8) is 0 Å². The highest BCUT2D eigenvalue weighted by molar-refractivity contribution is 5.39. The summed E-state index contributed by atoms with van der Waals surface area (Å²) in [5, 5.41) is 2.58. The summed E-state index contributed by atoms with van der Waals surface area (Å²) in [7, 11) is 0. The molecule has 5 heteroatoms. The van der Waals surface area contributed by atoms with Crippen LogP contribution in [-0.4, -0.2) is 25.4 Å². The quantitative estimate of drug-likeness (QED) is 0.865. The molecule has 0 fully saturated rings. The summed E-state index contributed by atoms with van der Waals surface area (Å²) in [5.41, 5.74) is 2.05. The largest absolute Gasteiger partial charge is 0.493 e. The third-order valence-electron chi connectivity index (χ3n) is 3.51. The van der Waals surface area contributed by atoms with Crippen molar-refractivity contribution in [2.45, 2.75) is 44.8 Å². The van der Waals surface area contributed by atoms with E-state index in [-0.39, 0.29) is 6.42 Å². The van der Waals surface area contributed by atoms with Gasteiger partial charge in [-0.3, -0.25) is 0 Å². The number of aryl methyl sites for hydroxylation is 1. The Morgan fingerprint density at radius 2 is 2.15 bits per heavy atom. The molecular weight excluding hydrogens is 267 g/mol. The Balaban J connectivity index is 1.95. The van der Waals surface area contributed by atoms with E-state index in [9.17, 15) is 13.2 Å². The minimum absolute atomic E-state index is 0.0726. The summed E-state index contributed by atoms with van der Waals surface area (Å²) in [6.07, 6.45) is -2.14. The van der Waals surface area contributed by atoms with Crippen LogP contribution in [0.2, 0.25) is 0 Å². The van der Waals surface area contributed by atoms with Crippen LogP contribution >= 0.6 is 0 Å². The number of ether oxygens (including phenoxy) is 1. The molecule has 1 N–H and O–H groups in total. The minimum Gasteiger partial charge on any atom is -0.493 e. The Kier molecular flexibility index (Phi) is 4.91. The molecule has 2 rings (SSSR count). The van der Waals surface area contributed by atoms with Crippen LogP contribution in [0.15, 0.2) is 18.2 Å².